The van der Waals surface area contributed by atoms with Crippen LogP contribution in [0.2, 0.25) is 0 Å². The van der Waals surface area contributed by atoms with Crippen molar-refractivity contribution in [3.63, 3.8) is 0 Å². The average Bonchev–Trinajstić information content (AvgIpc) is 2.34. The van der Waals surface area contributed by atoms with E-state index in [1.807, 2.05) is 0 Å². The molecule has 1 amide bonds. The molecule has 4 nitrogen and oxygen atoms in total. The first-order valence-electron chi connectivity index (χ1n) is 5.85. The summed E-state index contributed by atoms with van der Waals surface area (Å²) in [5.74, 6) is -4.18. The Hall–Kier alpha value is -1.98. The van der Waals surface area contributed by atoms with Gasteiger partial charge < -0.3 is 10.4 Å². The number of aliphatic carboxylic acids is 1. The van der Waals surface area contributed by atoms with Crippen molar-refractivity contribution in [2.24, 2.45) is 5.92 Å². The molecule has 19 heavy (non-hydrogen) atoms. The van der Waals surface area contributed by atoms with Gasteiger partial charge in [0.25, 0.3) is 5.91 Å². The molecule has 1 aromatic rings. The normalized spacial score (nSPS) is 13.7. The molecule has 2 N–H and O–H groups in total. The van der Waals surface area contributed by atoms with Crippen LogP contribution in [0.15, 0.2) is 18.2 Å². The van der Waals surface area contributed by atoms with Gasteiger partial charge in [0.2, 0.25) is 0 Å². The number of hydrogen-bond donors (Lipinski definition) is 2. The number of nitrogens with one attached hydrogen (secondary N) is 1. The van der Waals surface area contributed by atoms with Gasteiger partial charge in [0.05, 0.1) is 5.56 Å². The SMILES string of the molecule is CCC(C)[C@H](NC(=O)c1ccc(F)cc1F)C(=O)O. The highest BCUT2D eigenvalue weighted by atomic mass is 19.1. The van der Waals surface area contributed by atoms with Crippen LogP contribution < -0.4 is 5.32 Å². The van der Waals surface area contributed by atoms with Gasteiger partial charge in [0.1, 0.15) is 17.7 Å². The second-order valence-electron chi connectivity index (χ2n) is 4.30. The van der Waals surface area contributed by atoms with E-state index in [1.165, 1.54) is 0 Å². The molecule has 0 aliphatic rings. The Balaban J connectivity index is 2.91. The zero-order valence-corrected chi connectivity index (χ0v) is 10.6. The van der Waals surface area contributed by atoms with Crippen molar-refractivity contribution in [2.45, 2.75) is 26.3 Å². The summed E-state index contributed by atoms with van der Waals surface area (Å²) in [7, 11) is 0. The highest BCUT2D eigenvalue weighted by Gasteiger charge is 2.26. The van der Waals surface area contributed by atoms with Gasteiger partial charge in [-0.15, -0.1) is 0 Å². The van der Waals surface area contributed by atoms with E-state index in [9.17, 15) is 18.4 Å². The van der Waals surface area contributed by atoms with Crippen molar-refractivity contribution in [1.29, 1.82) is 0 Å². The Labute approximate surface area is 109 Å². The lowest BCUT2D eigenvalue weighted by atomic mass is 9.99. The number of benzene rings is 1. The second-order valence-corrected chi connectivity index (χ2v) is 4.30. The molecule has 0 fully saturated rings. The van der Waals surface area contributed by atoms with Gasteiger partial charge in [-0.2, -0.15) is 0 Å². The summed E-state index contributed by atoms with van der Waals surface area (Å²) in [6.07, 6.45) is 0.545. The van der Waals surface area contributed by atoms with Crippen LogP contribution in [0.4, 0.5) is 8.78 Å². The molecule has 0 aliphatic carbocycles. The van der Waals surface area contributed by atoms with Gasteiger partial charge in [-0.3, -0.25) is 4.79 Å². The summed E-state index contributed by atoms with van der Waals surface area (Å²) in [6, 6.07) is 1.39. The number of carboxylic acids is 1. The number of carbonyl (C=O) groups excluding carboxylic acids is 1. The molecule has 2 atom stereocenters. The summed E-state index contributed by atoms with van der Waals surface area (Å²) in [5, 5.41) is 11.3. The van der Waals surface area contributed by atoms with Gasteiger partial charge in [0, 0.05) is 6.07 Å². The molecule has 0 radical (unpaired) electrons. The van der Waals surface area contributed by atoms with Crippen molar-refractivity contribution in [3.05, 3.63) is 35.4 Å². The lowest BCUT2D eigenvalue weighted by Crippen LogP contribution is -2.45. The molecule has 0 saturated carbocycles. The molecular formula is C13H15F2NO3. The lowest BCUT2D eigenvalue weighted by molar-refractivity contribution is -0.140. The van der Waals surface area contributed by atoms with E-state index in [4.69, 9.17) is 5.11 Å². The van der Waals surface area contributed by atoms with Crippen LogP contribution in [0, 0.1) is 17.6 Å². The van der Waals surface area contributed by atoms with Crippen molar-refractivity contribution < 1.29 is 23.5 Å². The molecule has 104 valence electrons. The Bertz CT molecular complexity index is 491. The lowest BCUT2D eigenvalue weighted by Gasteiger charge is -2.20. The Morgan fingerprint density at radius 1 is 1.37 bits per heavy atom. The predicted octanol–water partition coefficient (Wildman–Crippen LogP) is 2.19. The number of halogens is 2. The summed E-state index contributed by atoms with van der Waals surface area (Å²) < 4.78 is 26.1. The zero-order chi connectivity index (χ0) is 14.6. The fourth-order valence-corrected chi connectivity index (χ4v) is 1.58. The molecule has 0 bridgehead atoms. The zero-order valence-electron chi connectivity index (χ0n) is 10.6. The minimum atomic E-state index is -1.19. The molecule has 1 rings (SSSR count). The van der Waals surface area contributed by atoms with Gasteiger partial charge in [-0.1, -0.05) is 20.3 Å². The van der Waals surface area contributed by atoms with Crippen molar-refractivity contribution >= 4 is 11.9 Å². The smallest absolute Gasteiger partial charge is 0.326 e. The van der Waals surface area contributed by atoms with Crippen molar-refractivity contribution in [3.8, 4) is 0 Å². The fourth-order valence-electron chi connectivity index (χ4n) is 1.58. The van der Waals surface area contributed by atoms with Crippen molar-refractivity contribution in [1.82, 2.24) is 5.32 Å². The molecular weight excluding hydrogens is 256 g/mol. The molecule has 6 heteroatoms. The molecule has 0 aliphatic heterocycles. The van der Waals surface area contributed by atoms with Crippen LogP contribution in [0.5, 0.6) is 0 Å². The van der Waals surface area contributed by atoms with Crippen LogP contribution in [0.25, 0.3) is 0 Å². The van der Waals surface area contributed by atoms with E-state index in [2.05, 4.69) is 5.32 Å². The first-order valence-corrected chi connectivity index (χ1v) is 5.85. The van der Waals surface area contributed by atoms with Gasteiger partial charge in [-0.05, 0) is 18.1 Å². The molecule has 0 spiro atoms. The Kier molecular flexibility index (Phi) is 4.97. The quantitative estimate of drug-likeness (QED) is 0.862. The van der Waals surface area contributed by atoms with E-state index >= 15 is 0 Å². The van der Waals surface area contributed by atoms with Gasteiger partial charge in [-0.25, -0.2) is 13.6 Å². The molecule has 0 saturated heterocycles. The summed E-state index contributed by atoms with van der Waals surface area (Å²) in [4.78, 5) is 22.8. The third-order valence-corrected chi connectivity index (χ3v) is 2.94. The number of carbonyl (C=O) groups is 2. The third kappa shape index (κ3) is 3.74. The number of carboxylic acid groups (broad SMARTS) is 1. The molecule has 1 unspecified atom stereocenters. The molecule has 0 aromatic heterocycles. The fraction of sp³-hybridized carbons (Fsp3) is 0.385. The minimum absolute atomic E-state index is 0.301. The summed E-state index contributed by atoms with van der Waals surface area (Å²) in [6.45, 7) is 3.45. The van der Waals surface area contributed by atoms with Gasteiger partial charge >= 0.3 is 5.97 Å². The van der Waals surface area contributed by atoms with Crippen LogP contribution in [-0.2, 0) is 4.79 Å². The first kappa shape index (κ1) is 15.1. The molecule has 1 aromatic carbocycles. The van der Waals surface area contributed by atoms with Crippen molar-refractivity contribution in [2.75, 3.05) is 0 Å². The second kappa shape index (κ2) is 6.26. The highest BCUT2D eigenvalue weighted by Crippen LogP contribution is 2.12. The largest absolute Gasteiger partial charge is 0.480 e. The summed E-state index contributed by atoms with van der Waals surface area (Å²) in [5.41, 5.74) is -0.379. The molecule has 0 heterocycles. The van der Waals surface area contributed by atoms with Crippen LogP contribution >= 0.6 is 0 Å². The van der Waals surface area contributed by atoms with E-state index in [0.717, 1.165) is 12.1 Å². The van der Waals surface area contributed by atoms with Crippen LogP contribution in [0.1, 0.15) is 30.6 Å². The maximum atomic E-state index is 13.4. The monoisotopic (exact) mass is 271 g/mol. The van der Waals surface area contributed by atoms with Crippen LogP contribution in [0.3, 0.4) is 0 Å². The topological polar surface area (TPSA) is 66.4 Å². The number of rotatable bonds is 5. The predicted molar refractivity (Wildman–Crippen MR) is 64.7 cm³/mol. The number of hydrogen-bond acceptors (Lipinski definition) is 2. The maximum Gasteiger partial charge on any atom is 0.326 e. The van der Waals surface area contributed by atoms with E-state index in [0.29, 0.717) is 12.5 Å². The standard InChI is InChI=1S/C13H15F2NO3/c1-3-7(2)11(13(18)19)16-12(17)9-5-4-8(14)6-10(9)15/h4-7,11H,3H2,1-2H3,(H,16,17)(H,18,19)/t7?,11-/m0/s1. The van der Waals surface area contributed by atoms with E-state index < -0.39 is 29.6 Å². The third-order valence-electron chi connectivity index (χ3n) is 2.94. The minimum Gasteiger partial charge on any atom is -0.480 e. The Morgan fingerprint density at radius 2 is 2.00 bits per heavy atom. The average molecular weight is 271 g/mol. The van der Waals surface area contributed by atoms with Gasteiger partial charge in [0.15, 0.2) is 0 Å². The Morgan fingerprint density at radius 3 is 2.47 bits per heavy atom. The first-order chi connectivity index (χ1) is 8.86. The maximum absolute atomic E-state index is 13.4. The van der Waals surface area contributed by atoms with E-state index in [1.54, 1.807) is 13.8 Å². The highest BCUT2D eigenvalue weighted by molar-refractivity contribution is 5.96. The van der Waals surface area contributed by atoms with E-state index in [-0.39, 0.29) is 11.5 Å². The summed E-state index contributed by atoms with van der Waals surface area (Å²) >= 11 is 0. The van der Waals surface area contributed by atoms with Crippen LogP contribution in [-0.4, -0.2) is 23.0 Å². The number of amides is 1.